The van der Waals surface area contributed by atoms with E-state index in [-0.39, 0.29) is 6.61 Å². The number of carbonyl (C=O) groups excluding carboxylic acids is 1. The second-order valence-corrected chi connectivity index (χ2v) is 3.94. The average Bonchev–Trinajstić information content (AvgIpc) is 2.38. The van der Waals surface area contributed by atoms with Crippen molar-refractivity contribution in [1.29, 1.82) is 0 Å². The average molecular weight is 237 g/mol. The van der Waals surface area contributed by atoms with Crippen molar-refractivity contribution in [2.45, 2.75) is 31.9 Å². The Morgan fingerprint density at radius 3 is 2.59 bits per heavy atom. The molecule has 3 N–H and O–H groups in total. The molecule has 17 heavy (non-hydrogen) atoms. The zero-order chi connectivity index (χ0) is 12.7. The fourth-order valence-electron chi connectivity index (χ4n) is 1.54. The Labute approximate surface area is 101 Å². The molecule has 0 aliphatic carbocycles. The lowest BCUT2D eigenvalue weighted by Crippen LogP contribution is -2.40. The van der Waals surface area contributed by atoms with Crippen molar-refractivity contribution >= 4 is 5.97 Å². The highest BCUT2D eigenvalue weighted by molar-refractivity contribution is 5.89. The van der Waals surface area contributed by atoms with Crippen LogP contribution in [0.3, 0.4) is 0 Å². The quantitative estimate of drug-likeness (QED) is 0.732. The van der Waals surface area contributed by atoms with Gasteiger partial charge in [0, 0.05) is 0 Å². The molecule has 0 aliphatic heterocycles. The number of benzene rings is 1. The van der Waals surface area contributed by atoms with E-state index in [2.05, 4.69) is 0 Å². The van der Waals surface area contributed by atoms with Gasteiger partial charge in [0.15, 0.2) is 0 Å². The minimum absolute atomic E-state index is 0.188. The number of carbonyl (C=O) groups is 1. The van der Waals surface area contributed by atoms with Gasteiger partial charge >= 0.3 is 5.97 Å². The van der Waals surface area contributed by atoms with Gasteiger partial charge in [0.2, 0.25) is 0 Å². The standard InChI is InChI=1S/C13H19NO3/c1-2-6-12(11(14)9-15)17-13(16)10-7-4-3-5-8-10/h3-5,7-8,11-12,15H,2,6,9,14H2,1H3/t11-,12?/m0/s1. The molecule has 1 unspecified atom stereocenters. The van der Waals surface area contributed by atoms with Crippen molar-refractivity contribution in [3.8, 4) is 0 Å². The molecule has 0 amide bonds. The third-order valence-corrected chi connectivity index (χ3v) is 2.53. The molecule has 0 fully saturated rings. The Hall–Kier alpha value is -1.39. The van der Waals surface area contributed by atoms with Crippen molar-refractivity contribution in [3.63, 3.8) is 0 Å². The molecule has 94 valence electrons. The SMILES string of the molecule is CCCC(OC(=O)c1ccccc1)[C@@H](N)CO. The van der Waals surface area contributed by atoms with Crippen molar-refractivity contribution < 1.29 is 14.6 Å². The molecule has 2 atom stereocenters. The van der Waals surface area contributed by atoms with E-state index in [4.69, 9.17) is 15.6 Å². The van der Waals surface area contributed by atoms with Crippen LogP contribution < -0.4 is 5.73 Å². The monoisotopic (exact) mass is 237 g/mol. The van der Waals surface area contributed by atoms with Crippen LogP contribution in [0.15, 0.2) is 30.3 Å². The van der Waals surface area contributed by atoms with E-state index >= 15 is 0 Å². The van der Waals surface area contributed by atoms with E-state index in [0.29, 0.717) is 12.0 Å². The first-order chi connectivity index (χ1) is 8.19. The van der Waals surface area contributed by atoms with Crippen LogP contribution in [0.4, 0.5) is 0 Å². The highest BCUT2D eigenvalue weighted by Gasteiger charge is 2.21. The Balaban J connectivity index is 2.64. The molecule has 0 spiro atoms. The van der Waals surface area contributed by atoms with Crippen LogP contribution in [0.25, 0.3) is 0 Å². The maximum Gasteiger partial charge on any atom is 0.338 e. The Morgan fingerprint density at radius 1 is 1.41 bits per heavy atom. The third kappa shape index (κ3) is 4.17. The summed E-state index contributed by atoms with van der Waals surface area (Å²) in [4.78, 5) is 11.8. The summed E-state index contributed by atoms with van der Waals surface area (Å²) in [5, 5.41) is 9.00. The number of aliphatic hydroxyl groups excluding tert-OH is 1. The van der Waals surface area contributed by atoms with Gasteiger partial charge in [-0.3, -0.25) is 0 Å². The first kappa shape index (κ1) is 13.7. The van der Waals surface area contributed by atoms with Crippen molar-refractivity contribution in [1.82, 2.24) is 0 Å². The van der Waals surface area contributed by atoms with Crippen LogP contribution in [-0.4, -0.2) is 29.8 Å². The van der Waals surface area contributed by atoms with Crippen LogP contribution >= 0.6 is 0 Å². The molecular formula is C13H19NO3. The number of esters is 1. The zero-order valence-corrected chi connectivity index (χ0v) is 10.0. The van der Waals surface area contributed by atoms with Crippen LogP contribution in [0.2, 0.25) is 0 Å². The number of aliphatic hydroxyl groups is 1. The van der Waals surface area contributed by atoms with Gasteiger partial charge in [-0.2, -0.15) is 0 Å². The predicted molar refractivity (Wildman–Crippen MR) is 65.6 cm³/mol. The van der Waals surface area contributed by atoms with Crippen molar-refractivity contribution in [2.24, 2.45) is 5.73 Å². The first-order valence-corrected chi connectivity index (χ1v) is 5.81. The molecule has 0 heterocycles. The van der Waals surface area contributed by atoms with E-state index in [0.717, 1.165) is 6.42 Å². The number of nitrogens with two attached hydrogens (primary N) is 1. The van der Waals surface area contributed by atoms with Gasteiger partial charge in [-0.15, -0.1) is 0 Å². The van der Waals surface area contributed by atoms with Crippen molar-refractivity contribution in [2.75, 3.05) is 6.61 Å². The molecule has 0 aliphatic rings. The Morgan fingerprint density at radius 2 is 2.06 bits per heavy atom. The molecular weight excluding hydrogens is 218 g/mol. The minimum atomic E-state index is -0.525. The summed E-state index contributed by atoms with van der Waals surface area (Å²) in [5.74, 6) is -0.395. The van der Waals surface area contributed by atoms with Crippen LogP contribution in [-0.2, 0) is 4.74 Å². The molecule has 0 saturated carbocycles. The summed E-state index contributed by atoms with van der Waals surface area (Å²) < 4.78 is 5.31. The Bertz CT molecular complexity index is 340. The predicted octanol–water partition coefficient (Wildman–Crippen LogP) is 1.33. The lowest BCUT2D eigenvalue weighted by molar-refractivity contribution is 0.0155. The second-order valence-electron chi connectivity index (χ2n) is 3.94. The van der Waals surface area contributed by atoms with Gasteiger partial charge in [0.05, 0.1) is 18.2 Å². The zero-order valence-electron chi connectivity index (χ0n) is 10.0. The van der Waals surface area contributed by atoms with E-state index in [9.17, 15) is 4.79 Å². The summed E-state index contributed by atoms with van der Waals surface area (Å²) >= 11 is 0. The molecule has 0 saturated heterocycles. The van der Waals surface area contributed by atoms with Gasteiger partial charge in [0.1, 0.15) is 6.10 Å². The van der Waals surface area contributed by atoms with Gasteiger partial charge < -0.3 is 15.6 Å². The smallest absolute Gasteiger partial charge is 0.338 e. The van der Waals surface area contributed by atoms with Gasteiger partial charge in [-0.25, -0.2) is 4.79 Å². The van der Waals surface area contributed by atoms with Gasteiger partial charge in [0.25, 0.3) is 0 Å². The van der Waals surface area contributed by atoms with Crippen LogP contribution in [0.1, 0.15) is 30.1 Å². The van der Waals surface area contributed by atoms with E-state index in [1.165, 1.54) is 0 Å². The van der Waals surface area contributed by atoms with Gasteiger partial charge in [-0.05, 0) is 18.6 Å². The van der Waals surface area contributed by atoms with E-state index in [1.54, 1.807) is 24.3 Å². The molecule has 1 rings (SSSR count). The van der Waals surface area contributed by atoms with E-state index < -0.39 is 18.1 Å². The maximum atomic E-state index is 11.8. The fraction of sp³-hybridized carbons (Fsp3) is 0.462. The summed E-state index contributed by atoms with van der Waals surface area (Å²) in [7, 11) is 0. The molecule has 4 nitrogen and oxygen atoms in total. The number of hydrogen-bond donors (Lipinski definition) is 2. The first-order valence-electron chi connectivity index (χ1n) is 5.81. The summed E-state index contributed by atoms with van der Waals surface area (Å²) in [6.45, 7) is 1.79. The summed E-state index contributed by atoms with van der Waals surface area (Å²) in [6, 6.07) is 8.24. The molecule has 0 bridgehead atoms. The molecule has 4 heteroatoms. The Kier molecular flexibility index (Phi) is 5.66. The van der Waals surface area contributed by atoms with Crippen molar-refractivity contribution in [3.05, 3.63) is 35.9 Å². The van der Waals surface area contributed by atoms with Crippen LogP contribution in [0.5, 0.6) is 0 Å². The topological polar surface area (TPSA) is 72.5 Å². The number of rotatable bonds is 6. The summed E-state index contributed by atoms with van der Waals surface area (Å²) in [5.41, 5.74) is 6.20. The van der Waals surface area contributed by atoms with Crippen LogP contribution in [0, 0.1) is 0 Å². The minimum Gasteiger partial charge on any atom is -0.457 e. The third-order valence-electron chi connectivity index (χ3n) is 2.53. The highest BCUT2D eigenvalue weighted by atomic mass is 16.5. The molecule has 0 radical (unpaired) electrons. The molecule has 1 aromatic carbocycles. The molecule has 1 aromatic rings. The fourth-order valence-corrected chi connectivity index (χ4v) is 1.54. The maximum absolute atomic E-state index is 11.8. The van der Waals surface area contributed by atoms with E-state index in [1.807, 2.05) is 13.0 Å². The highest BCUT2D eigenvalue weighted by Crippen LogP contribution is 2.10. The lowest BCUT2D eigenvalue weighted by Gasteiger charge is -2.22. The number of ether oxygens (including phenoxy) is 1. The van der Waals surface area contributed by atoms with Gasteiger partial charge in [-0.1, -0.05) is 31.5 Å². The normalized spacial score (nSPS) is 14.1. The lowest BCUT2D eigenvalue weighted by atomic mass is 10.1. The number of hydrogen-bond acceptors (Lipinski definition) is 4. The molecule has 0 aromatic heterocycles. The largest absolute Gasteiger partial charge is 0.457 e. The second kappa shape index (κ2) is 7.04. The summed E-state index contributed by atoms with van der Waals surface area (Å²) in [6.07, 6.45) is 1.07.